The van der Waals surface area contributed by atoms with Crippen molar-refractivity contribution >= 4 is 17.4 Å². The third kappa shape index (κ3) is 3.57. The van der Waals surface area contributed by atoms with Crippen LogP contribution in [0.3, 0.4) is 0 Å². The van der Waals surface area contributed by atoms with Crippen LogP contribution in [0.5, 0.6) is 11.5 Å². The Morgan fingerprint density at radius 3 is 2.52 bits per heavy atom. The maximum absolute atomic E-state index is 9.77. The van der Waals surface area contributed by atoms with E-state index in [9.17, 15) is 10.2 Å². The molecule has 0 fully saturated rings. The largest absolute Gasteiger partial charge is 0.504 e. The van der Waals surface area contributed by atoms with Gasteiger partial charge in [-0.2, -0.15) is 0 Å². The van der Waals surface area contributed by atoms with Gasteiger partial charge in [0.25, 0.3) is 0 Å². The zero-order valence-corrected chi connectivity index (χ0v) is 14.2. The van der Waals surface area contributed by atoms with Crippen LogP contribution in [0, 0.1) is 0 Å². The Labute approximate surface area is 141 Å². The van der Waals surface area contributed by atoms with Gasteiger partial charge < -0.3 is 20.4 Å². The van der Waals surface area contributed by atoms with Gasteiger partial charge in [0.1, 0.15) is 0 Å². The van der Waals surface area contributed by atoms with Crippen LogP contribution in [0.4, 0.5) is 5.69 Å². The molecular formula is C18H22N2O2S. The van der Waals surface area contributed by atoms with Gasteiger partial charge in [-0.25, -0.2) is 0 Å². The number of hydrogen-bond donors (Lipinski definition) is 3. The van der Waals surface area contributed by atoms with Crippen LogP contribution in [-0.2, 0) is 6.42 Å². The van der Waals surface area contributed by atoms with E-state index in [1.807, 2.05) is 14.1 Å². The quantitative estimate of drug-likeness (QED) is 0.594. The highest BCUT2D eigenvalue weighted by Crippen LogP contribution is 2.36. The number of nitrogens with one attached hydrogen (secondary N) is 1. The molecule has 1 unspecified atom stereocenters. The van der Waals surface area contributed by atoms with Gasteiger partial charge in [0, 0.05) is 36.5 Å². The van der Waals surface area contributed by atoms with E-state index in [0.717, 1.165) is 29.8 Å². The molecule has 0 amide bonds. The van der Waals surface area contributed by atoms with Gasteiger partial charge in [0.05, 0.1) is 0 Å². The van der Waals surface area contributed by atoms with Crippen molar-refractivity contribution < 1.29 is 10.2 Å². The Morgan fingerprint density at radius 2 is 1.83 bits per heavy atom. The summed E-state index contributed by atoms with van der Waals surface area (Å²) in [5.74, 6) is 0.813. The summed E-state index contributed by atoms with van der Waals surface area (Å²) in [5.41, 5.74) is 3.40. The van der Waals surface area contributed by atoms with Crippen molar-refractivity contribution in [1.29, 1.82) is 0 Å². The second-order valence-electron chi connectivity index (χ2n) is 6.00. The molecule has 0 saturated heterocycles. The van der Waals surface area contributed by atoms with Gasteiger partial charge in [-0.15, -0.1) is 11.8 Å². The minimum atomic E-state index is -0.0437. The van der Waals surface area contributed by atoms with Crippen LogP contribution in [0.15, 0.2) is 41.3 Å². The summed E-state index contributed by atoms with van der Waals surface area (Å²) in [4.78, 5) is 3.32. The highest BCUT2D eigenvalue weighted by molar-refractivity contribution is 7.99. The number of rotatable bonds is 4. The Hall–Kier alpha value is -1.85. The first-order valence-electron chi connectivity index (χ1n) is 7.73. The number of phenols is 2. The second kappa shape index (κ2) is 6.72. The van der Waals surface area contributed by atoms with E-state index in [2.05, 4.69) is 34.5 Å². The molecule has 3 N–H and O–H groups in total. The Kier molecular flexibility index (Phi) is 4.68. The topological polar surface area (TPSA) is 55.7 Å². The molecule has 2 aromatic rings. The Morgan fingerprint density at radius 1 is 1.13 bits per heavy atom. The minimum Gasteiger partial charge on any atom is -0.504 e. The summed E-state index contributed by atoms with van der Waals surface area (Å²) in [6.07, 6.45) is 0.877. The maximum Gasteiger partial charge on any atom is 0.157 e. The molecule has 122 valence electrons. The van der Waals surface area contributed by atoms with Crippen molar-refractivity contribution in [1.82, 2.24) is 5.32 Å². The number of phenolic OH excluding ortho intramolecular Hbond substituents is 2. The molecule has 0 aromatic heterocycles. The van der Waals surface area contributed by atoms with E-state index >= 15 is 0 Å². The normalized spacial score (nSPS) is 16.9. The number of benzene rings is 2. The monoisotopic (exact) mass is 330 g/mol. The van der Waals surface area contributed by atoms with E-state index in [4.69, 9.17) is 0 Å². The Bertz CT molecular complexity index is 686. The molecule has 0 spiro atoms. The zero-order chi connectivity index (χ0) is 16.4. The lowest BCUT2D eigenvalue weighted by molar-refractivity contribution is 0.400. The fourth-order valence-electron chi connectivity index (χ4n) is 2.84. The van der Waals surface area contributed by atoms with Gasteiger partial charge in [-0.05, 0) is 60.5 Å². The summed E-state index contributed by atoms with van der Waals surface area (Å²) in [6.45, 7) is 0.891. The number of nitrogens with zero attached hydrogens (tertiary/aromatic N) is 1. The molecule has 0 aliphatic carbocycles. The van der Waals surface area contributed by atoms with E-state index in [1.54, 1.807) is 23.9 Å². The van der Waals surface area contributed by atoms with Crippen molar-refractivity contribution in [3.63, 3.8) is 0 Å². The van der Waals surface area contributed by atoms with Gasteiger partial charge in [-0.3, -0.25) is 0 Å². The van der Waals surface area contributed by atoms with Crippen molar-refractivity contribution in [2.75, 3.05) is 31.3 Å². The summed E-state index contributed by atoms with van der Waals surface area (Å²) in [6, 6.07) is 12.1. The molecule has 4 nitrogen and oxygen atoms in total. The van der Waals surface area contributed by atoms with Crippen LogP contribution in [0.1, 0.15) is 17.2 Å². The molecule has 1 aliphatic heterocycles. The molecule has 1 aliphatic rings. The second-order valence-corrected chi connectivity index (χ2v) is 7.09. The zero-order valence-electron chi connectivity index (χ0n) is 13.4. The molecule has 0 saturated carbocycles. The Balaban J connectivity index is 1.71. The molecule has 5 heteroatoms. The summed E-state index contributed by atoms with van der Waals surface area (Å²) >= 11 is 1.80. The van der Waals surface area contributed by atoms with Gasteiger partial charge in [-0.1, -0.05) is 0 Å². The van der Waals surface area contributed by atoms with Crippen molar-refractivity contribution in [3.8, 4) is 11.5 Å². The molecule has 23 heavy (non-hydrogen) atoms. The molecule has 0 radical (unpaired) electrons. The third-order valence-electron chi connectivity index (χ3n) is 4.17. The molecule has 0 bridgehead atoms. The highest BCUT2D eigenvalue weighted by Gasteiger charge is 2.21. The predicted molar refractivity (Wildman–Crippen MR) is 95.7 cm³/mol. The molecule has 1 atom stereocenters. The molecule has 1 heterocycles. The number of anilines is 1. The average Bonchev–Trinajstić information content (AvgIpc) is 2.54. The smallest absolute Gasteiger partial charge is 0.157 e. The minimum absolute atomic E-state index is 0.0312. The van der Waals surface area contributed by atoms with Gasteiger partial charge in [0.2, 0.25) is 0 Å². The van der Waals surface area contributed by atoms with Crippen LogP contribution < -0.4 is 10.2 Å². The van der Waals surface area contributed by atoms with Crippen molar-refractivity contribution in [2.45, 2.75) is 17.4 Å². The van der Waals surface area contributed by atoms with E-state index in [0.29, 0.717) is 0 Å². The SMILES string of the molecule is CN(C)c1ccc(SCC2NCCc3cc(O)c(O)cc32)cc1. The van der Waals surface area contributed by atoms with Crippen LogP contribution in [0.2, 0.25) is 0 Å². The fourth-order valence-corrected chi connectivity index (χ4v) is 3.82. The highest BCUT2D eigenvalue weighted by atomic mass is 32.2. The van der Waals surface area contributed by atoms with Crippen LogP contribution >= 0.6 is 11.8 Å². The van der Waals surface area contributed by atoms with Gasteiger partial charge in [0.15, 0.2) is 11.5 Å². The van der Waals surface area contributed by atoms with Crippen molar-refractivity contribution in [3.05, 3.63) is 47.5 Å². The first-order valence-corrected chi connectivity index (χ1v) is 8.71. The van der Waals surface area contributed by atoms with E-state index in [-0.39, 0.29) is 17.5 Å². The van der Waals surface area contributed by atoms with Crippen LogP contribution in [0.25, 0.3) is 0 Å². The summed E-state index contributed by atoms with van der Waals surface area (Å²) in [5, 5.41) is 22.9. The lowest BCUT2D eigenvalue weighted by Gasteiger charge is -2.27. The summed E-state index contributed by atoms with van der Waals surface area (Å²) in [7, 11) is 4.07. The van der Waals surface area contributed by atoms with Crippen molar-refractivity contribution in [2.24, 2.45) is 0 Å². The standard InChI is InChI=1S/C18H22N2O2S/c1-20(2)13-3-5-14(6-4-13)23-11-16-15-10-18(22)17(21)9-12(15)7-8-19-16/h3-6,9-10,16,19,21-22H,7-8,11H2,1-2H3. The number of fused-ring (bicyclic) bond motifs is 1. The summed E-state index contributed by atoms with van der Waals surface area (Å²) < 4.78 is 0. The lowest BCUT2D eigenvalue weighted by Crippen LogP contribution is -2.31. The maximum atomic E-state index is 9.77. The van der Waals surface area contributed by atoms with E-state index < -0.39 is 0 Å². The molecular weight excluding hydrogens is 308 g/mol. The van der Waals surface area contributed by atoms with Crippen LogP contribution in [-0.4, -0.2) is 36.6 Å². The average molecular weight is 330 g/mol. The lowest BCUT2D eigenvalue weighted by atomic mass is 9.94. The fraction of sp³-hybridized carbons (Fsp3) is 0.333. The first kappa shape index (κ1) is 16.0. The predicted octanol–water partition coefficient (Wildman–Crippen LogP) is 3.14. The third-order valence-corrected chi connectivity index (χ3v) is 5.27. The van der Waals surface area contributed by atoms with Gasteiger partial charge >= 0.3 is 0 Å². The number of aromatic hydroxyl groups is 2. The number of hydrogen-bond acceptors (Lipinski definition) is 5. The van der Waals surface area contributed by atoms with E-state index in [1.165, 1.54) is 10.6 Å². The number of thioether (sulfide) groups is 1. The molecule has 2 aromatic carbocycles. The first-order chi connectivity index (χ1) is 11.0. The molecule has 3 rings (SSSR count).